The Kier molecular flexibility index (Phi) is 5.12. The highest BCUT2D eigenvalue weighted by Crippen LogP contribution is 2.27. The fraction of sp³-hybridized carbons (Fsp3) is 0.188. The normalized spacial score (nSPS) is 11.6. The number of hydrogen-bond donors (Lipinski definition) is 2. The molecule has 0 heterocycles. The fourth-order valence-corrected chi connectivity index (χ4v) is 1.95. The zero-order valence-corrected chi connectivity index (χ0v) is 13.1. The van der Waals surface area contributed by atoms with Gasteiger partial charge in [0.05, 0.1) is 12.8 Å². The van der Waals surface area contributed by atoms with Crippen molar-refractivity contribution in [1.29, 1.82) is 0 Å². The molecule has 0 radical (unpaired) electrons. The second kappa shape index (κ2) is 7.04. The van der Waals surface area contributed by atoms with Crippen LogP contribution in [0.4, 0.5) is 11.4 Å². The second-order valence-electron chi connectivity index (χ2n) is 4.66. The molecule has 0 fully saturated rings. The van der Waals surface area contributed by atoms with E-state index in [1.54, 1.807) is 49.4 Å². The van der Waals surface area contributed by atoms with Crippen LogP contribution in [-0.4, -0.2) is 19.1 Å². The number of nitrogens with one attached hydrogen (secondary N) is 1. The van der Waals surface area contributed by atoms with Gasteiger partial charge in [-0.15, -0.1) is 0 Å². The highest BCUT2D eigenvalue weighted by atomic mass is 35.5. The first-order valence-electron chi connectivity index (χ1n) is 6.66. The van der Waals surface area contributed by atoms with Gasteiger partial charge >= 0.3 is 0 Å². The summed E-state index contributed by atoms with van der Waals surface area (Å²) in [4.78, 5) is 12.2. The minimum Gasteiger partial charge on any atom is -0.495 e. The van der Waals surface area contributed by atoms with E-state index in [4.69, 9.17) is 26.8 Å². The molecule has 0 aliphatic rings. The standard InChI is InChI=1S/C16H17ClN2O3/c1-10(22-13-6-3-11(17)4-7-13)16(20)19-14-9-12(18)5-8-15(14)21-2/h3-10H,18H2,1-2H3,(H,19,20). The van der Waals surface area contributed by atoms with E-state index in [1.165, 1.54) is 7.11 Å². The van der Waals surface area contributed by atoms with E-state index >= 15 is 0 Å². The van der Waals surface area contributed by atoms with E-state index in [9.17, 15) is 4.79 Å². The molecular formula is C16H17ClN2O3. The number of carbonyl (C=O) groups excluding carboxylic acids is 1. The van der Waals surface area contributed by atoms with Gasteiger partial charge in [0.2, 0.25) is 0 Å². The number of hydrogen-bond acceptors (Lipinski definition) is 4. The Morgan fingerprint density at radius 3 is 2.55 bits per heavy atom. The molecule has 0 spiro atoms. The third kappa shape index (κ3) is 4.05. The van der Waals surface area contributed by atoms with Gasteiger partial charge in [-0.3, -0.25) is 4.79 Å². The lowest BCUT2D eigenvalue weighted by atomic mass is 10.2. The first kappa shape index (κ1) is 16.0. The average molecular weight is 321 g/mol. The Hall–Kier alpha value is -2.40. The maximum atomic E-state index is 12.2. The minimum absolute atomic E-state index is 0.307. The summed E-state index contributed by atoms with van der Waals surface area (Å²) in [5.41, 5.74) is 6.75. The van der Waals surface area contributed by atoms with Gasteiger partial charge in [-0.05, 0) is 49.4 Å². The number of anilines is 2. The molecule has 22 heavy (non-hydrogen) atoms. The molecule has 6 heteroatoms. The van der Waals surface area contributed by atoms with Gasteiger partial charge in [-0.2, -0.15) is 0 Å². The van der Waals surface area contributed by atoms with Crippen LogP contribution in [0, 0.1) is 0 Å². The highest BCUT2D eigenvalue weighted by Gasteiger charge is 2.17. The average Bonchev–Trinajstić information content (AvgIpc) is 2.49. The highest BCUT2D eigenvalue weighted by molar-refractivity contribution is 6.30. The van der Waals surface area contributed by atoms with Crippen LogP contribution in [0.25, 0.3) is 0 Å². The molecule has 1 atom stereocenters. The molecule has 0 saturated carbocycles. The molecule has 0 aliphatic heterocycles. The molecule has 1 amide bonds. The molecule has 0 aromatic heterocycles. The van der Waals surface area contributed by atoms with Gasteiger partial charge in [0.25, 0.3) is 5.91 Å². The van der Waals surface area contributed by atoms with Gasteiger partial charge in [0, 0.05) is 10.7 Å². The van der Waals surface area contributed by atoms with Crippen molar-refractivity contribution in [2.75, 3.05) is 18.2 Å². The van der Waals surface area contributed by atoms with Gasteiger partial charge in [-0.25, -0.2) is 0 Å². The first-order chi connectivity index (χ1) is 10.5. The summed E-state index contributed by atoms with van der Waals surface area (Å²) in [6, 6.07) is 11.8. The molecule has 2 aromatic rings. The molecule has 116 valence electrons. The number of amides is 1. The third-order valence-corrected chi connectivity index (χ3v) is 3.23. The van der Waals surface area contributed by atoms with E-state index < -0.39 is 6.10 Å². The molecule has 1 unspecified atom stereocenters. The largest absolute Gasteiger partial charge is 0.495 e. The summed E-state index contributed by atoms with van der Waals surface area (Å²) in [5, 5.41) is 3.34. The van der Waals surface area contributed by atoms with Crippen LogP contribution in [-0.2, 0) is 4.79 Å². The Morgan fingerprint density at radius 2 is 1.91 bits per heavy atom. The van der Waals surface area contributed by atoms with Crippen molar-refractivity contribution >= 4 is 28.9 Å². The first-order valence-corrected chi connectivity index (χ1v) is 7.04. The predicted molar refractivity (Wildman–Crippen MR) is 87.6 cm³/mol. The molecule has 0 aliphatic carbocycles. The van der Waals surface area contributed by atoms with E-state index in [-0.39, 0.29) is 5.91 Å². The van der Waals surface area contributed by atoms with Crippen molar-refractivity contribution in [3.05, 3.63) is 47.5 Å². The van der Waals surface area contributed by atoms with Gasteiger partial charge in [0.1, 0.15) is 11.5 Å². The number of rotatable bonds is 5. The van der Waals surface area contributed by atoms with Crippen LogP contribution in [0.2, 0.25) is 5.02 Å². The molecule has 5 nitrogen and oxygen atoms in total. The van der Waals surface area contributed by atoms with E-state index in [2.05, 4.69) is 5.32 Å². The Labute approximate surface area is 134 Å². The number of ether oxygens (including phenoxy) is 2. The van der Waals surface area contributed by atoms with Crippen molar-refractivity contribution < 1.29 is 14.3 Å². The fourth-order valence-electron chi connectivity index (χ4n) is 1.83. The molecular weight excluding hydrogens is 304 g/mol. The van der Waals surface area contributed by atoms with E-state index in [0.29, 0.717) is 27.9 Å². The van der Waals surface area contributed by atoms with E-state index in [1.807, 2.05) is 0 Å². The van der Waals surface area contributed by atoms with Crippen molar-refractivity contribution in [2.24, 2.45) is 0 Å². The Bertz CT molecular complexity index is 659. The SMILES string of the molecule is COc1ccc(N)cc1NC(=O)C(C)Oc1ccc(Cl)cc1. The molecule has 2 aromatic carbocycles. The van der Waals surface area contributed by atoms with Crippen LogP contribution >= 0.6 is 11.6 Å². The zero-order valence-electron chi connectivity index (χ0n) is 12.3. The summed E-state index contributed by atoms with van der Waals surface area (Å²) in [7, 11) is 1.52. The van der Waals surface area contributed by atoms with Gasteiger partial charge < -0.3 is 20.5 Å². The van der Waals surface area contributed by atoms with Crippen LogP contribution in [0.15, 0.2) is 42.5 Å². The van der Waals surface area contributed by atoms with Crippen LogP contribution in [0.1, 0.15) is 6.92 Å². The summed E-state index contributed by atoms with van der Waals surface area (Å²) < 4.78 is 10.8. The van der Waals surface area contributed by atoms with Gasteiger partial charge in [-0.1, -0.05) is 11.6 Å². The van der Waals surface area contributed by atoms with Crippen molar-refractivity contribution in [1.82, 2.24) is 0 Å². The Balaban J connectivity index is 2.05. The number of nitrogens with two attached hydrogens (primary N) is 1. The summed E-state index contributed by atoms with van der Waals surface area (Å²) in [6.45, 7) is 1.66. The van der Waals surface area contributed by atoms with Crippen LogP contribution in [0.3, 0.4) is 0 Å². The lowest BCUT2D eigenvalue weighted by Crippen LogP contribution is -2.30. The Morgan fingerprint density at radius 1 is 1.23 bits per heavy atom. The number of halogens is 1. The molecule has 2 rings (SSSR count). The molecule has 0 saturated heterocycles. The van der Waals surface area contributed by atoms with E-state index in [0.717, 1.165) is 0 Å². The predicted octanol–water partition coefficient (Wildman–Crippen LogP) is 3.34. The number of methoxy groups -OCH3 is 1. The van der Waals surface area contributed by atoms with Gasteiger partial charge in [0.15, 0.2) is 6.10 Å². The maximum absolute atomic E-state index is 12.2. The number of nitrogen functional groups attached to an aromatic ring is 1. The molecule has 3 N–H and O–H groups in total. The van der Waals surface area contributed by atoms with Crippen molar-refractivity contribution in [2.45, 2.75) is 13.0 Å². The summed E-state index contributed by atoms with van der Waals surface area (Å²) in [6.07, 6.45) is -0.688. The zero-order chi connectivity index (χ0) is 16.1. The number of benzene rings is 2. The smallest absolute Gasteiger partial charge is 0.265 e. The lowest BCUT2D eigenvalue weighted by molar-refractivity contribution is -0.122. The molecule has 0 bridgehead atoms. The third-order valence-electron chi connectivity index (χ3n) is 2.98. The summed E-state index contributed by atoms with van der Waals surface area (Å²) in [5.74, 6) is 0.784. The quantitative estimate of drug-likeness (QED) is 0.829. The minimum atomic E-state index is -0.688. The lowest BCUT2D eigenvalue weighted by Gasteiger charge is -2.16. The van der Waals surface area contributed by atoms with Crippen LogP contribution in [0.5, 0.6) is 11.5 Å². The van der Waals surface area contributed by atoms with Crippen molar-refractivity contribution in [3.8, 4) is 11.5 Å². The maximum Gasteiger partial charge on any atom is 0.265 e. The van der Waals surface area contributed by atoms with Crippen molar-refractivity contribution in [3.63, 3.8) is 0 Å². The number of carbonyl (C=O) groups is 1. The summed E-state index contributed by atoms with van der Waals surface area (Å²) >= 11 is 5.81. The monoisotopic (exact) mass is 320 g/mol. The second-order valence-corrected chi connectivity index (χ2v) is 5.10. The van der Waals surface area contributed by atoms with Crippen LogP contribution < -0.4 is 20.5 Å². The topological polar surface area (TPSA) is 73.6 Å².